The fraction of sp³-hybridized carbons (Fsp3) is 0.692. The van der Waals surface area contributed by atoms with Gasteiger partial charge in [-0.1, -0.05) is 26.8 Å². The Morgan fingerprint density at radius 3 is 2.31 bits per heavy atom. The van der Waals surface area contributed by atoms with Crippen LogP contribution in [0.4, 0.5) is 0 Å². The molecule has 1 aliphatic rings. The first-order chi connectivity index (χ1) is 7.42. The molecular weight excluding hydrogens is 200 g/mol. The molecule has 1 aliphatic heterocycles. The first-order valence-electron chi connectivity index (χ1n) is 5.49. The number of allylic oxidation sites excluding steroid dienone is 1. The van der Waals surface area contributed by atoms with E-state index in [2.05, 4.69) is 18.7 Å². The summed E-state index contributed by atoms with van der Waals surface area (Å²) < 4.78 is 5.68. The lowest BCUT2D eigenvalue weighted by Crippen LogP contribution is -2.51. The van der Waals surface area contributed by atoms with E-state index in [1.165, 1.54) is 0 Å². The number of rotatable bonds is 1. The van der Waals surface area contributed by atoms with Crippen molar-refractivity contribution in [3.8, 4) is 12.1 Å². The van der Waals surface area contributed by atoms with Gasteiger partial charge < -0.3 is 4.74 Å². The number of nitrogens with zero attached hydrogens (tertiary/aromatic N) is 2. The van der Waals surface area contributed by atoms with Gasteiger partial charge in [-0.3, -0.25) is 0 Å². The van der Waals surface area contributed by atoms with E-state index in [4.69, 9.17) is 4.74 Å². The molecule has 0 radical (unpaired) electrons. The zero-order chi connectivity index (χ0) is 12.4. The molecule has 0 spiro atoms. The van der Waals surface area contributed by atoms with Crippen LogP contribution in [0.3, 0.4) is 0 Å². The van der Waals surface area contributed by atoms with Gasteiger partial charge in [0.25, 0.3) is 0 Å². The second kappa shape index (κ2) is 4.28. The van der Waals surface area contributed by atoms with Crippen molar-refractivity contribution in [2.45, 2.75) is 33.3 Å². The summed E-state index contributed by atoms with van der Waals surface area (Å²) in [4.78, 5) is 0. The summed E-state index contributed by atoms with van der Waals surface area (Å²) in [6.07, 6.45) is 2.04. The summed E-state index contributed by atoms with van der Waals surface area (Å²) in [5.74, 6) is -0.111. The quantitative estimate of drug-likeness (QED) is 0.636. The highest BCUT2D eigenvalue weighted by atomic mass is 16.5. The number of hydrogen-bond donors (Lipinski definition) is 0. The Balaban J connectivity index is 3.23. The molecule has 3 nitrogen and oxygen atoms in total. The van der Waals surface area contributed by atoms with Gasteiger partial charge in [-0.15, -0.1) is 6.58 Å². The van der Waals surface area contributed by atoms with Crippen LogP contribution in [0.2, 0.25) is 0 Å². The van der Waals surface area contributed by atoms with E-state index in [1.54, 1.807) is 6.08 Å². The minimum Gasteiger partial charge on any atom is -0.375 e. The van der Waals surface area contributed by atoms with Gasteiger partial charge in [0.1, 0.15) is 0 Å². The van der Waals surface area contributed by atoms with Gasteiger partial charge in [0.15, 0.2) is 5.41 Å². The summed E-state index contributed by atoms with van der Waals surface area (Å²) in [5, 5.41) is 18.8. The molecule has 0 amide bonds. The number of nitriles is 2. The van der Waals surface area contributed by atoms with Crippen LogP contribution in [0.25, 0.3) is 0 Å². The Morgan fingerprint density at radius 2 is 1.94 bits per heavy atom. The molecule has 0 unspecified atom stereocenters. The highest BCUT2D eigenvalue weighted by Gasteiger charge is 2.53. The fourth-order valence-electron chi connectivity index (χ4n) is 2.41. The van der Waals surface area contributed by atoms with E-state index < -0.39 is 5.41 Å². The van der Waals surface area contributed by atoms with E-state index in [-0.39, 0.29) is 17.4 Å². The Hall–Kier alpha value is -1.32. The minimum atomic E-state index is -1.10. The summed E-state index contributed by atoms with van der Waals surface area (Å²) in [7, 11) is 0. The highest BCUT2D eigenvalue weighted by Crippen LogP contribution is 2.46. The third-order valence-electron chi connectivity index (χ3n) is 3.15. The standard InChI is InChI=1S/C13H18N2O/c1-5-10-6-7-16-11(12(2,3)4)13(10,8-14)9-15/h5,10-11H,1,6-7H2,2-4H3/t10-,11+/m0/s1. The largest absolute Gasteiger partial charge is 0.375 e. The van der Waals surface area contributed by atoms with Gasteiger partial charge in [0, 0.05) is 12.5 Å². The van der Waals surface area contributed by atoms with Crippen LogP contribution < -0.4 is 0 Å². The van der Waals surface area contributed by atoms with Crippen molar-refractivity contribution >= 4 is 0 Å². The fourth-order valence-corrected chi connectivity index (χ4v) is 2.41. The van der Waals surface area contributed by atoms with Crippen molar-refractivity contribution in [3.63, 3.8) is 0 Å². The molecule has 16 heavy (non-hydrogen) atoms. The van der Waals surface area contributed by atoms with Gasteiger partial charge in [-0.05, 0) is 11.8 Å². The van der Waals surface area contributed by atoms with Crippen LogP contribution in [0.1, 0.15) is 27.2 Å². The van der Waals surface area contributed by atoms with Crippen LogP contribution in [0, 0.1) is 39.4 Å². The third kappa shape index (κ3) is 1.84. The Bertz CT molecular complexity index is 340. The molecule has 1 fully saturated rings. The van der Waals surface area contributed by atoms with Gasteiger partial charge in [-0.25, -0.2) is 0 Å². The molecule has 0 aromatic carbocycles. The first kappa shape index (κ1) is 12.7. The predicted octanol–water partition coefficient (Wildman–Crippen LogP) is 2.66. The normalized spacial score (nSPS) is 28.8. The Morgan fingerprint density at radius 1 is 1.38 bits per heavy atom. The van der Waals surface area contributed by atoms with Gasteiger partial charge >= 0.3 is 0 Å². The molecule has 1 heterocycles. The lowest BCUT2D eigenvalue weighted by molar-refractivity contribution is -0.110. The molecule has 0 saturated carbocycles. The first-order valence-corrected chi connectivity index (χ1v) is 5.49. The lowest BCUT2D eigenvalue weighted by atomic mass is 9.63. The molecule has 86 valence electrons. The van der Waals surface area contributed by atoms with Crippen molar-refractivity contribution in [3.05, 3.63) is 12.7 Å². The van der Waals surface area contributed by atoms with E-state index in [9.17, 15) is 10.5 Å². The molecule has 0 N–H and O–H groups in total. The maximum atomic E-state index is 9.38. The van der Waals surface area contributed by atoms with E-state index in [0.29, 0.717) is 13.0 Å². The van der Waals surface area contributed by atoms with Crippen LogP contribution in [0.15, 0.2) is 12.7 Å². The number of ether oxygens (including phenoxy) is 1. The van der Waals surface area contributed by atoms with Crippen molar-refractivity contribution in [1.29, 1.82) is 10.5 Å². The van der Waals surface area contributed by atoms with Crippen molar-refractivity contribution < 1.29 is 4.74 Å². The van der Waals surface area contributed by atoms with Crippen LogP contribution in [0.5, 0.6) is 0 Å². The molecular formula is C13H18N2O. The molecule has 0 aromatic rings. The van der Waals surface area contributed by atoms with Gasteiger partial charge in [-0.2, -0.15) is 10.5 Å². The third-order valence-corrected chi connectivity index (χ3v) is 3.15. The van der Waals surface area contributed by atoms with Crippen LogP contribution in [-0.2, 0) is 4.74 Å². The molecule has 1 saturated heterocycles. The number of hydrogen-bond acceptors (Lipinski definition) is 3. The zero-order valence-electron chi connectivity index (χ0n) is 10.2. The Kier molecular flexibility index (Phi) is 3.41. The SMILES string of the molecule is C=C[C@H]1CCO[C@H](C(C)(C)C)C1(C#N)C#N. The second-order valence-corrected chi connectivity index (χ2v) is 5.34. The van der Waals surface area contributed by atoms with Crippen molar-refractivity contribution in [2.24, 2.45) is 16.7 Å². The molecule has 0 aliphatic carbocycles. The summed E-state index contributed by atoms with van der Waals surface area (Å²) in [6.45, 7) is 10.3. The zero-order valence-corrected chi connectivity index (χ0v) is 10.2. The molecule has 3 heteroatoms. The smallest absolute Gasteiger partial charge is 0.176 e. The monoisotopic (exact) mass is 218 g/mol. The molecule has 0 bridgehead atoms. The summed E-state index contributed by atoms with van der Waals surface area (Å²) >= 11 is 0. The minimum absolute atomic E-state index is 0.111. The van der Waals surface area contributed by atoms with Crippen molar-refractivity contribution in [1.82, 2.24) is 0 Å². The summed E-state index contributed by atoms with van der Waals surface area (Å²) in [5.41, 5.74) is -1.33. The second-order valence-electron chi connectivity index (χ2n) is 5.34. The van der Waals surface area contributed by atoms with Crippen LogP contribution in [-0.4, -0.2) is 12.7 Å². The van der Waals surface area contributed by atoms with Crippen molar-refractivity contribution in [2.75, 3.05) is 6.61 Å². The average Bonchev–Trinajstić information content (AvgIpc) is 2.26. The lowest BCUT2D eigenvalue weighted by Gasteiger charge is -2.45. The predicted molar refractivity (Wildman–Crippen MR) is 61.2 cm³/mol. The molecule has 1 rings (SSSR count). The van der Waals surface area contributed by atoms with E-state index in [1.807, 2.05) is 20.8 Å². The molecule has 0 aromatic heterocycles. The van der Waals surface area contributed by atoms with Gasteiger partial charge in [0.2, 0.25) is 0 Å². The summed E-state index contributed by atoms with van der Waals surface area (Å²) in [6, 6.07) is 4.33. The topological polar surface area (TPSA) is 56.8 Å². The average molecular weight is 218 g/mol. The van der Waals surface area contributed by atoms with E-state index in [0.717, 1.165) is 0 Å². The van der Waals surface area contributed by atoms with Crippen LogP contribution >= 0.6 is 0 Å². The highest BCUT2D eigenvalue weighted by molar-refractivity contribution is 5.25. The maximum absolute atomic E-state index is 9.38. The molecule has 2 atom stereocenters. The van der Waals surface area contributed by atoms with Gasteiger partial charge in [0.05, 0.1) is 18.2 Å². The maximum Gasteiger partial charge on any atom is 0.176 e. The Labute approximate surface area is 97.3 Å². The van der Waals surface area contributed by atoms with E-state index >= 15 is 0 Å².